The fraction of sp³-hybridized carbons (Fsp3) is 0.357. The highest BCUT2D eigenvalue weighted by Crippen LogP contribution is 2.19. The van der Waals surface area contributed by atoms with Crippen molar-refractivity contribution in [2.45, 2.75) is 25.8 Å². The highest BCUT2D eigenvalue weighted by molar-refractivity contribution is 5.59. The van der Waals surface area contributed by atoms with Crippen LogP contribution >= 0.6 is 0 Å². The molecule has 0 saturated carbocycles. The van der Waals surface area contributed by atoms with Gasteiger partial charge in [0.2, 0.25) is 0 Å². The summed E-state index contributed by atoms with van der Waals surface area (Å²) in [6.07, 6.45) is 6.77. The largest absolute Gasteiger partial charge is 0.399 e. The summed E-state index contributed by atoms with van der Waals surface area (Å²) in [6, 6.07) is 7.75. The van der Waals surface area contributed by atoms with Gasteiger partial charge in [-0.2, -0.15) is 0 Å². The Morgan fingerprint density at radius 2 is 1.89 bits per heavy atom. The van der Waals surface area contributed by atoms with Crippen LogP contribution in [-0.4, -0.2) is 21.3 Å². The quantitative estimate of drug-likeness (QED) is 0.606. The van der Waals surface area contributed by atoms with Crippen LogP contribution in [-0.2, 0) is 6.54 Å². The molecule has 0 radical (unpaired) electrons. The zero-order chi connectivity index (χ0) is 12.8. The number of unbranched alkanes of at least 4 members (excludes halogenated alkanes) is 2. The minimum Gasteiger partial charge on any atom is -0.399 e. The highest BCUT2D eigenvalue weighted by Gasteiger charge is 2.05. The maximum atomic E-state index is 8.75. The van der Waals surface area contributed by atoms with Gasteiger partial charge in [0.1, 0.15) is 5.82 Å². The number of imidazole rings is 1. The average molecular weight is 245 g/mol. The molecule has 0 saturated heterocycles. The van der Waals surface area contributed by atoms with Crippen LogP contribution in [0.25, 0.3) is 11.4 Å². The van der Waals surface area contributed by atoms with Gasteiger partial charge in [-0.1, -0.05) is 0 Å². The van der Waals surface area contributed by atoms with Gasteiger partial charge in [-0.25, -0.2) is 4.98 Å². The molecule has 1 aromatic carbocycles. The Hall–Kier alpha value is -1.81. The van der Waals surface area contributed by atoms with Crippen molar-refractivity contribution in [2.24, 2.45) is 0 Å². The van der Waals surface area contributed by atoms with Gasteiger partial charge in [0, 0.05) is 36.8 Å². The molecule has 0 atom stereocenters. The lowest BCUT2D eigenvalue weighted by Crippen LogP contribution is -2.00. The van der Waals surface area contributed by atoms with E-state index in [1.807, 2.05) is 36.7 Å². The molecule has 0 unspecified atom stereocenters. The predicted molar refractivity (Wildman–Crippen MR) is 73.0 cm³/mol. The molecule has 3 N–H and O–H groups in total. The number of aliphatic hydroxyl groups excluding tert-OH is 1. The van der Waals surface area contributed by atoms with Crippen LogP contribution in [0.3, 0.4) is 0 Å². The highest BCUT2D eigenvalue weighted by atomic mass is 16.2. The molecule has 0 aliphatic rings. The maximum absolute atomic E-state index is 8.75. The molecule has 1 aromatic heterocycles. The van der Waals surface area contributed by atoms with E-state index in [-0.39, 0.29) is 6.61 Å². The molecular weight excluding hydrogens is 226 g/mol. The second-order valence-corrected chi connectivity index (χ2v) is 4.35. The summed E-state index contributed by atoms with van der Waals surface area (Å²) >= 11 is 0. The first kappa shape index (κ1) is 12.6. The Morgan fingerprint density at radius 3 is 2.61 bits per heavy atom. The molecule has 0 amide bonds. The van der Waals surface area contributed by atoms with Crippen molar-refractivity contribution in [1.29, 1.82) is 0 Å². The molecule has 4 heteroatoms. The number of nitrogens with zero attached hydrogens (tertiary/aromatic N) is 2. The molecular formula is C14H19N3O. The maximum Gasteiger partial charge on any atom is 0.139 e. The second kappa shape index (κ2) is 6.21. The van der Waals surface area contributed by atoms with Gasteiger partial charge < -0.3 is 15.4 Å². The summed E-state index contributed by atoms with van der Waals surface area (Å²) in [6.45, 7) is 1.20. The van der Waals surface area contributed by atoms with Crippen LogP contribution in [0.1, 0.15) is 19.3 Å². The SMILES string of the molecule is Nc1ccc(-c2nccn2CCCCCO)cc1. The van der Waals surface area contributed by atoms with Crippen LogP contribution in [0.5, 0.6) is 0 Å². The molecule has 0 spiro atoms. The van der Waals surface area contributed by atoms with Crippen LogP contribution in [0.4, 0.5) is 5.69 Å². The molecule has 2 aromatic rings. The van der Waals surface area contributed by atoms with Gasteiger partial charge in [-0.05, 0) is 43.5 Å². The van der Waals surface area contributed by atoms with E-state index in [1.54, 1.807) is 0 Å². The average Bonchev–Trinajstić information content (AvgIpc) is 2.84. The van der Waals surface area contributed by atoms with Crippen molar-refractivity contribution in [3.8, 4) is 11.4 Å². The van der Waals surface area contributed by atoms with Crippen molar-refractivity contribution >= 4 is 5.69 Å². The third-order valence-electron chi connectivity index (χ3n) is 2.94. The second-order valence-electron chi connectivity index (χ2n) is 4.35. The lowest BCUT2D eigenvalue weighted by Gasteiger charge is -2.07. The van der Waals surface area contributed by atoms with E-state index in [9.17, 15) is 0 Å². The van der Waals surface area contributed by atoms with Gasteiger partial charge in [0.05, 0.1) is 0 Å². The number of aromatic nitrogens is 2. The summed E-state index contributed by atoms with van der Waals surface area (Å²) in [5.41, 5.74) is 7.52. The van der Waals surface area contributed by atoms with E-state index < -0.39 is 0 Å². The Kier molecular flexibility index (Phi) is 4.36. The first-order valence-corrected chi connectivity index (χ1v) is 6.29. The molecule has 18 heavy (non-hydrogen) atoms. The van der Waals surface area contributed by atoms with Crippen molar-refractivity contribution in [3.05, 3.63) is 36.7 Å². The number of benzene rings is 1. The molecule has 0 aliphatic heterocycles. The molecule has 0 fully saturated rings. The van der Waals surface area contributed by atoms with Crippen molar-refractivity contribution in [3.63, 3.8) is 0 Å². The summed E-state index contributed by atoms with van der Waals surface area (Å²) in [4.78, 5) is 4.39. The first-order chi connectivity index (χ1) is 8.81. The molecule has 0 aliphatic carbocycles. The minimum absolute atomic E-state index is 0.273. The Bertz CT molecular complexity index is 476. The lowest BCUT2D eigenvalue weighted by atomic mass is 10.2. The fourth-order valence-electron chi connectivity index (χ4n) is 1.95. The number of aliphatic hydroxyl groups is 1. The minimum atomic E-state index is 0.273. The monoisotopic (exact) mass is 245 g/mol. The third-order valence-corrected chi connectivity index (χ3v) is 2.94. The van der Waals surface area contributed by atoms with Gasteiger partial charge in [0.25, 0.3) is 0 Å². The van der Waals surface area contributed by atoms with Gasteiger partial charge in [-0.15, -0.1) is 0 Å². The molecule has 1 heterocycles. The Labute approximate surface area is 107 Å². The first-order valence-electron chi connectivity index (χ1n) is 6.29. The lowest BCUT2D eigenvalue weighted by molar-refractivity contribution is 0.282. The molecule has 96 valence electrons. The summed E-state index contributed by atoms with van der Waals surface area (Å²) in [5.74, 6) is 0.971. The van der Waals surface area contributed by atoms with Gasteiger partial charge >= 0.3 is 0 Å². The normalized spacial score (nSPS) is 10.7. The zero-order valence-corrected chi connectivity index (χ0v) is 10.4. The molecule has 2 rings (SSSR count). The number of aryl methyl sites for hydroxylation is 1. The van der Waals surface area contributed by atoms with E-state index in [4.69, 9.17) is 10.8 Å². The van der Waals surface area contributed by atoms with Crippen molar-refractivity contribution in [2.75, 3.05) is 12.3 Å². The standard InChI is InChI=1S/C14H19N3O/c15-13-6-4-12(5-7-13)14-16-8-10-17(14)9-2-1-3-11-18/h4-8,10,18H,1-3,9,11,15H2. The molecule has 0 bridgehead atoms. The summed E-state index contributed by atoms with van der Waals surface area (Å²) in [7, 11) is 0. The number of rotatable bonds is 6. The number of anilines is 1. The fourth-order valence-corrected chi connectivity index (χ4v) is 1.95. The van der Waals surface area contributed by atoms with E-state index in [0.29, 0.717) is 0 Å². The summed E-state index contributed by atoms with van der Waals surface area (Å²) < 4.78 is 2.14. The molecule has 4 nitrogen and oxygen atoms in total. The number of hydrogen-bond donors (Lipinski definition) is 2. The number of hydrogen-bond acceptors (Lipinski definition) is 3. The van der Waals surface area contributed by atoms with E-state index in [0.717, 1.165) is 42.9 Å². The summed E-state index contributed by atoms with van der Waals surface area (Å²) in [5, 5.41) is 8.75. The number of nitrogen functional groups attached to an aromatic ring is 1. The topological polar surface area (TPSA) is 64.1 Å². The van der Waals surface area contributed by atoms with Crippen LogP contribution in [0.15, 0.2) is 36.7 Å². The smallest absolute Gasteiger partial charge is 0.139 e. The van der Waals surface area contributed by atoms with Crippen molar-refractivity contribution in [1.82, 2.24) is 9.55 Å². The van der Waals surface area contributed by atoms with Gasteiger partial charge in [-0.3, -0.25) is 0 Å². The third kappa shape index (κ3) is 3.11. The zero-order valence-electron chi connectivity index (χ0n) is 10.4. The number of nitrogens with two attached hydrogens (primary N) is 1. The van der Waals surface area contributed by atoms with E-state index >= 15 is 0 Å². The van der Waals surface area contributed by atoms with Crippen LogP contribution in [0, 0.1) is 0 Å². The van der Waals surface area contributed by atoms with Crippen LogP contribution < -0.4 is 5.73 Å². The van der Waals surface area contributed by atoms with E-state index in [1.165, 1.54) is 0 Å². The Balaban J connectivity index is 2.05. The van der Waals surface area contributed by atoms with Crippen molar-refractivity contribution < 1.29 is 5.11 Å². The predicted octanol–water partition coefficient (Wildman–Crippen LogP) is 2.29. The van der Waals surface area contributed by atoms with Crippen LogP contribution in [0.2, 0.25) is 0 Å². The van der Waals surface area contributed by atoms with E-state index in [2.05, 4.69) is 9.55 Å². The Morgan fingerprint density at radius 1 is 1.11 bits per heavy atom. The van der Waals surface area contributed by atoms with Gasteiger partial charge in [0.15, 0.2) is 0 Å².